The van der Waals surface area contributed by atoms with Crippen LogP contribution in [-0.2, 0) is 0 Å². The molecule has 0 heteroatoms. The highest BCUT2D eigenvalue weighted by Gasteiger charge is 2.07. The summed E-state index contributed by atoms with van der Waals surface area (Å²) >= 11 is 0. The maximum atomic E-state index is 4.00. The first kappa shape index (κ1) is 14.0. The van der Waals surface area contributed by atoms with Crippen molar-refractivity contribution in [1.29, 1.82) is 0 Å². The summed E-state index contributed by atoms with van der Waals surface area (Å²) in [5.74, 6) is 2.65. The lowest BCUT2D eigenvalue weighted by atomic mass is 9.90. The van der Waals surface area contributed by atoms with E-state index in [0.29, 0.717) is 0 Å². The molecule has 0 bridgehead atoms. The Hall–Kier alpha value is 0. The zero-order valence-electron chi connectivity index (χ0n) is 10.7. The predicted octanol–water partition coefficient (Wildman–Crippen LogP) is 5.09. The molecule has 14 heavy (non-hydrogen) atoms. The lowest BCUT2D eigenvalue weighted by Crippen LogP contribution is -2.02. The van der Waals surface area contributed by atoms with Gasteiger partial charge in [-0.05, 0) is 24.2 Å². The van der Waals surface area contributed by atoms with Gasteiger partial charge in [0, 0.05) is 0 Å². The van der Waals surface area contributed by atoms with E-state index in [9.17, 15) is 0 Å². The van der Waals surface area contributed by atoms with Crippen LogP contribution in [0.1, 0.15) is 66.2 Å². The minimum Gasteiger partial charge on any atom is -0.0651 e. The highest BCUT2D eigenvalue weighted by molar-refractivity contribution is 4.62. The van der Waals surface area contributed by atoms with E-state index < -0.39 is 0 Å². The summed E-state index contributed by atoms with van der Waals surface area (Å²) in [7, 11) is 0. The van der Waals surface area contributed by atoms with E-state index in [4.69, 9.17) is 0 Å². The quantitative estimate of drug-likeness (QED) is 0.508. The van der Waals surface area contributed by atoms with Crippen LogP contribution in [0, 0.1) is 24.7 Å². The van der Waals surface area contributed by atoms with Crippen LogP contribution in [0.4, 0.5) is 0 Å². The first-order valence-corrected chi connectivity index (χ1v) is 6.39. The van der Waals surface area contributed by atoms with Crippen LogP contribution in [0.5, 0.6) is 0 Å². The average Bonchev–Trinajstić information content (AvgIpc) is 2.11. The van der Waals surface area contributed by atoms with Gasteiger partial charge < -0.3 is 0 Å². The third kappa shape index (κ3) is 7.41. The lowest BCUT2D eigenvalue weighted by Gasteiger charge is -2.16. The van der Waals surface area contributed by atoms with Crippen LogP contribution in [0.25, 0.3) is 0 Å². The van der Waals surface area contributed by atoms with Crippen molar-refractivity contribution in [2.24, 2.45) is 17.8 Å². The number of rotatable bonds is 8. The second-order valence-electron chi connectivity index (χ2n) is 5.23. The molecule has 2 atom stereocenters. The van der Waals surface area contributed by atoms with Gasteiger partial charge in [-0.3, -0.25) is 0 Å². The molecule has 0 nitrogen and oxygen atoms in total. The van der Waals surface area contributed by atoms with Gasteiger partial charge in [0.05, 0.1) is 0 Å². The van der Waals surface area contributed by atoms with Gasteiger partial charge in [-0.2, -0.15) is 0 Å². The first-order valence-electron chi connectivity index (χ1n) is 6.39. The van der Waals surface area contributed by atoms with E-state index in [2.05, 4.69) is 34.6 Å². The van der Waals surface area contributed by atoms with Gasteiger partial charge >= 0.3 is 0 Å². The summed E-state index contributed by atoms with van der Waals surface area (Å²) in [6.07, 6.45) is 8.03. The fourth-order valence-corrected chi connectivity index (χ4v) is 2.23. The van der Waals surface area contributed by atoms with Gasteiger partial charge in [-0.25, -0.2) is 0 Å². The average molecular weight is 197 g/mol. The second kappa shape index (κ2) is 8.32. The van der Waals surface area contributed by atoms with Gasteiger partial charge in [-0.1, -0.05) is 66.7 Å². The maximum Gasteiger partial charge on any atom is -0.0417 e. The van der Waals surface area contributed by atoms with E-state index in [1.807, 2.05) is 0 Å². The SMILES string of the molecule is [CH2]CC(CC)CCCC(C)CC(C)C. The van der Waals surface area contributed by atoms with E-state index in [1.54, 1.807) is 0 Å². The van der Waals surface area contributed by atoms with Gasteiger partial charge in [0.15, 0.2) is 0 Å². The monoisotopic (exact) mass is 197 g/mol. The molecule has 0 saturated carbocycles. The van der Waals surface area contributed by atoms with Crippen LogP contribution in [0.3, 0.4) is 0 Å². The number of hydrogen-bond donors (Lipinski definition) is 0. The van der Waals surface area contributed by atoms with Crippen LogP contribution in [-0.4, -0.2) is 0 Å². The van der Waals surface area contributed by atoms with Crippen molar-refractivity contribution < 1.29 is 0 Å². The maximum absolute atomic E-state index is 4.00. The Bertz CT molecular complexity index is 111. The smallest absolute Gasteiger partial charge is 0.0417 e. The summed E-state index contributed by atoms with van der Waals surface area (Å²) in [5, 5.41) is 0. The van der Waals surface area contributed by atoms with E-state index >= 15 is 0 Å². The molecule has 1 radical (unpaired) electrons. The van der Waals surface area contributed by atoms with Crippen LogP contribution in [0.2, 0.25) is 0 Å². The van der Waals surface area contributed by atoms with E-state index in [1.165, 1.54) is 32.1 Å². The molecule has 0 amide bonds. The normalized spacial score (nSPS) is 13.9. The van der Waals surface area contributed by atoms with E-state index in [0.717, 1.165) is 24.2 Å². The van der Waals surface area contributed by atoms with Gasteiger partial charge in [0.1, 0.15) is 0 Å². The largest absolute Gasteiger partial charge is 0.0651 e. The lowest BCUT2D eigenvalue weighted by molar-refractivity contribution is 0.372. The molecule has 0 spiro atoms. The van der Waals surface area contributed by atoms with Crippen LogP contribution in [0.15, 0.2) is 0 Å². The molecule has 0 N–H and O–H groups in total. The molecular formula is C14H29. The fourth-order valence-electron chi connectivity index (χ4n) is 2.23. The van der Waals surface area contributed by atoms with Crippen molar-refractivity contribution in [1.82, 2.24) is 0 Å². The Balaban J connectivity index is 3.42. The third-order valence-corrected chi connectivity index (χ3v) is 3.17. The molecule has 0 aromatic carbocycles. The molecule has 0 fully saturated rings. The zero-order valence-corrected chi connectivity index (χ0v) is 10.7. The minimum absolute atomic E-state index is 0.861. The molecule has 0 aliphatic rings. The molecule has 0 rings (SSSR count). The third-order valence-electron chi connectivity index (χ3n) is 3.17. The summed E-state index contributed by atoms with van der Waals surface area (Å²) in [6, 6.07) is 0. The van der Waals surface area contributed by atoms with Crippen LogP contribution < -0.4 is 0 Å². The molecule has 85 valence electrons. The molecule has 0 aliphatic carbocycles. The van der Waals surface area contributed by atoms with Crippen LogP contribution >= 0.6 is 0 Å². The Kier molecular flexibility index (Phi) is 8.32. The zero-order chi connectivity index (χ0) is 11.0. The van der Waals surface area contributed by atoms with Gasteiger partial charge in [0.2, 0.25) is 0 Å². The van der Waals surface area contributed by atoms with Gasteiger partial charge in [0.25, 0.3) is 0 Å². The summed E-state index contributed by atoms with van der Waals surface area (Å²) in [6.45, 7) is 13.3. The molecule has 0 saturated heterocycles. The van der Waals surface area contributed by atoms with Crippen molar-refractivity contribution in [3.05, 3.63) is 6.92 Å². The molecule has 0 aliphatic heterocycles. The topological polar surface area (TPSA) is 0 Å². The van der Waals surface area contributed by atoms with Crippen molar-refractivity contribution in [3.63, 3.8) is 0 Å². The van der Waals surface area contributed by atoms with Crippen molar-refractivity contribution in [2.45, 2.75) is 66.2 Å². The molecule has 0 aromatic heterocycles. The highest BCUT2D eigenvalue weighted by atomic mass is 14.1. The number of hydrogen-bond acceptors (Lipinski definition) is 0. The Morgan fingerprint density at radius 1 is 1.07 bits per heavy atom. The first-order chi connectivity index (χ1) is 6.60. The van der Waals surface area contributed by atoms with Crippen molar-refractivity contribution in [3.8, 4) is 0 Å². The summed E-state index contributed by atoms with van der Waals surface area (Å²) in [4.78, 5) is 0. The molecule has 2 unspecified atom stereocenters. The van der Waals surface area contributed by atoms with E-state index in [-0.39, 0.29) is 0 Å². The molecule has 0 aromatic rings. The Morgan fingerprint density at radius 2 is 1.71 bits per heavy atom. The predicted molar refractivity (Wildman–Crippen MR) is 66.2 cm³/mol. The Labute approximate surface area is 91.5 Å². The standard InChI is InChI=1S/C14H29/c1-6-14(7-2)10-8-9-13(5)11-12(3)4/h12-14H,1,6-11H2,2-5H3. The molecular weight excluding hydrogens is 168 g/mol. The van der Waals surface area contributed by atoms with Gasteiger partial charge in [-0.15, -0.1) is 0 Å². The van der Waals surface area contributed by atoms with Crippen molar-refractivity contribution >= 4 is 0 Å². The van der Waals surface area contributed by atoms with Crippen molar-refractivity contribution in [2.75, 3.05) is 0 Å². The summed E-state index contributed by atoms with van der Waals surface area (Å²) < 4.78 is 0. The highest BCUT2D eigenvalue weighted by Crippen LogP contribution is 2.21. The minimum atomic E-state index is 0.861. The molecule has 0 heterocycles. The second-order valence-corrected chi connectivity index (χ2v) is 5.23. The fraction of sp³-hybridized carbons (Fsp3) is 0.929. The summed E-state index contributed by atoms with van der Waals surface area (Å²) in [5.41, 5.74) is 0. The Morgan fingerprint density at radius 3 is 2.14 bits per heavy atom.